The maximum absolute atomic E-state index is 6.39. The minimum absolute atomic E-state index is 0.785. The molecule has 1 aliphatic rings. The lowest BCUT2D eigenvalue weighted by Gasteiger charge is -2.10. The number of anilines is 1. The van der Waals surface area contributed by atoms with Gasteiger partial charge < -0.3 is 5.32 Å². The van der Waals surface area contributed by atoms with E-state index in [2.05, 4.69) is 31.5 Å². The summed E-state index contributed by atoms with van der Waals surface area (Å²) in [5.74, 6) is 2.17. The van der Waals surface area contributed by atoms with Crippen LogP contribution in [-0.2, 0) is 6.42 Å². The van der Waals surface area contributed by atoms with Gasteiger partial charge in [-0.05, 0) is 41.0 Å². The molecule has 0 aromatic heterocycles. The smallest absolute Gasteiger partial charge is 0.0502 e. The van der Waals surface area contributed by atoms with Gasteiger partial charge in [0.15, 0.2) is 0 Å². The van der Waals surface area contributed by atoms with Crippen LogP contribution >= 0.6 is 23.4 Å². The Kier molecular flexibility index (Phi) is 6.25. The monoisotopic (exact) mass is 321 g/mol. The molecule has 0 saturated carbocycles. The van der Waals surface area contributed by atoms with E-state index in [-0.39, 0.29) is 0 Å². The third-order valence-corrected chi connectivity index (χ3v) is 5.15. The van der Waals surface area contributed by atoms with Crippen molar-refractivity contribution in [3.63, 3.8) is 0 Å². The summed E-state index contributed by atoms with van der Waals surface area (Å²) in [4.78, 5) is 0. The summed E-state index contributed by atoms with van der Waals surface area (Å²) in [5.41, 5.74) is 5.62. The summed E-state index contributed by atoms with van der Waals surface area (Å²) in [6, 6.07) is 4.17. The van der Waals surface area contributed by atoms with Gasteiger partial charge in [-0.2, -0.15) is 11.8 Å². The number of benzene rings is 1. The predicted octanol–water partition coefficient (Wildman–Crippen LogP) is 6.15. The van der Waals surface area contributed by atoms with Crippen molar-refractivity contribution in [2.45, 2.75) is 39.0 Å². The molecule has 1 nitrogen and oxygen atoms in total. The number of allylic oxidation sites excluding steroid dienone is 1. The minimum Gasteiger partial charge on any atom is -0.359 e. The van der Waals surface area contributed by atoms with Gasteiger partial charge in [-0.15, -0.1) is 0 Å². The SMILES string of the molecule is C=C1Cc2cc(C(=C)CSCCCCCC)c(Cl)cc2N1. The van der Waals surface area contributed by atoms with Gasteiger partial charge >= 0.3 is 0 Å². The standard InChI is InChI=1S/C18H24ClNS/c1-4-5-6-7-8-21-12-13(2)16-10-15-9-14(3)20-18(15)11-17(16)19/h10-11,20H,2-9,12H2,1H3. The topological polar surface area (TPSA) is 12.0 Å². The molecule has 0 spiro atoms. The van der Waals surface area contributed by atoms with E-state index in [1.165, 1.54) is 37.0 Å². The molecule has 1 heterocycles. The molecule has 0 atom stereocenters. The number of nitrogens with one attached hydrogen (secondary N) is 1. The lowest BCUT2D eigenvalue weighted by molar-refractivity contribution is 0.706. The van der Waals surface area contributed by atoms with Gasteiger partial charge in [0.25, 0.3) is 0 Å². The molecule has 1 aliphatic heterocycles. The lowest BCUT2D eigenvalue weighted by Crippen LogP contribution is -1.92. The third-order valence-electron chi connectivity index (χ3n) is 3.71. The number of halogens is 1. The molecule has 0 aliphatic carbocycles. The number of hydrogen-bond donors (Lipinski definition) is 1. The highest BCUT2D eigenvalue weighted by atomic mass is 35.5. The summed E-state index contributed by atoms with van der Waals surface area (Å²) >= 11 is 8.35. The van der Waals surface area contributed by atoms with Gasteiger partial charge in [0, 0.05) is 23.6 Å². The fourth-order valence-electron chi connectivity index (χ4n) is 2.52. The Balaban J connectivity index is 1.88. The molecule has 1 aromatic rings. The largest absolute Gasteiger partial charge is 0.359 e. The summed E-state index contributed by atoms with van der Waals surface area (Å²) in [6.45, 7) is 10.4. The minimum atomic E-state index is 0.785. The van der Waals surface area contributed by atoms with Gasteiger partial charge in [0.2, 0.25) is 0 Å². The summed E-state index contributed by atoms with van der Waals surface area (Å²) in [7, 11) is 0. The van der Waals surface area contributed by atoms with Crippen molar-refractivity contribution in [1.82, 2.24) is 0 Å². The summed E-state index contributed by atoms with van der Waals surface area (Å²) < 4.78 is 0. The van der Waals surface area contributed by atoms with Gasteiger partial charge in [-0.1, -0.05) is 50.9 Å². The van der Waals surface area contributed by atoms with Crippen LogP contribution in [0.15, 0.2) is 31.0 Å². The van der Waals surface area contributed by atoms with Crippen LogP contribution in [0.2, 0.25) is 5.02 Å². The highest BCUT2D eigenvalue weighted by Crippen LogP contribution is 2.35. The van der Waals surface area contributed by atoms with Crippen LogP contribution in [-0.4, -0.2) is 11.5 Å². The second-order valence-corrected chi connectivity index (χ2v) is 7.12. The first kappa shape index (κ1) is 16.5. The molecule has 1 N–H and O–H groups in total. The first-order chi connectivity index (χ1) is 10.1. The van der Waals surface area contributed by atoms with Crippen LogP contribution in [0, 0.1) is 0 Å². The first-order valence-corrected chi connectivity index (χ1v) is 9.18. The molecule has 0 radical (unpaired) electrons. The predicted molar refractivity (Wildman–Crippen MR) is 98.4 cm³/mol. The van der Waals surface area contributed by atoms with Gasteiger partial charge in [-0.25, -0.2) is 0 Å². The van der Waals surface area contributed by atoms with Crippen molar-refractivity contribution >= 4 is 34.6 Å². The average Bonchev–Trinajstić information content (AvgIpc) is 2.80. The van der Waals surface area contributed by atoms with Crippen LogP contribution in [0.25, 0.3) is 5.57 Å². The number of thioether (sulfide) groups is 1. The van der Waals surface area contributed by atoms with Gasteiger partial charge in [0.1, 0.15) is 0 Å². The van der Waals surface area contributed by atoms with E-state index in [9.17, 15) is 0 Å². The lowest BCUT2D eigenvalue weighted by atomic mass is 10.0. The van der Waals surface area contributed by atoms with E-state index in [4.69, 9.17) is 11.6 Å². The van der Waals surface area contributed by atoms with Crippen LogP contribution in [0.4, 0.5) is 5.69 Å². The van der Waals surface area contributed by atoms with Crippen LogP contribution in [0.5, 0.6) is 0 Å². The molecule has 0 fully saturated rings. The quantitative estimate of drug-likeness (QED) is 0.576. The highest BCUT2D eigenvalue weighted by molar-refractivity contribution is 7.99. The van der Waals surface area contributed by atoms with E-state index in [1.807, 2.05) is 17.8 Å². The molecule has 0 amide bonds. The van der Waals surface area contributed by atoms with E-state index in [0.29, 0.717) is 0 Å². The Hall–Kier alpha value is -0.860. The molecular weight excluding hydrogens is 298 g/mol. The maximum atomic E-state index is 6.39. The zero-order chi connectivity index (χ0) is 15.2. The molecule has 3 heteroatoms. The maximum Gasteiger partial charge on any atom is 0.0502 e. The first-order valence-electron chi connectivity index (χ1n) is 7.65. The molecule has 1 aromatic carbocycles. The van der Waals surface area contributed by atoms with Crippen LogP contribution in [0.3, 0.4) is 0 Å². The summed E-state index contributed by atoms with van der Waals surface area (Å²) in [5, 5.41) is 4.05. The zero-order valence-electron chi connectivity index (χ0n) is 12.8. The fourth-order valence-corrected chi connectivity index (χ4v) is 3.77. The molecule has 0 saturated heterocycles. The Morgan fingerprint density at radius 3 is 2.90 bits per heavy atom. The van der Waals surface area contributed by atoms with Crippen molar-refractivity contribution in [2.24, 2.45) is 0 Å². The van der Waals surface area contributed by atoms with Gasteiger partial charge in [0.05, 0.1) is 5.02 Å². The van der Waals surface area contributed by atoms with E-state index in [0.717, 1.165) is 39.7 Å². The molecule has 0 unspecified atom stereocenters. The number of rotatable bonds is 8. The van der Waals surface area contributed by atoms with Crippen molar-refractivity contribution < 1.29 is 0 Å². The second kappa shape index (κ2) is 7.95. The molecule has 0 bridgehead atoms. The number of unbranched alkanes of at least 4 members (excludes halogenated alkanes) is 3. The fraction of sp³-hybridized carbons (Fsp3) is 0.444. The Morgan fingerprint density at radius 2 is 2.14 bits per heavy atom. The zero-order valence-corrected chi connectivity index (χ0v) is 14.4. The molecule has 2 rings (SSSR count). The third kappa shape index (κ3) is 4.55. The van der Waals surface area contributed by atoms with Crippen molar-refractivity contribution in [3.8, 4) is 0 Å². The van der Waals surface area contributed by atoms with Crippen LogP contribution in [0.1, 0.15) is 43.7 Å². The van der Waals surface area contributed by atoms with E-state index >= 15 is 0 Å². The molecule has 21 heavy (non-hydrogen) atoms. The Morgan fingerprint density at radius 1 is 1.33 bits per heavy atom. The van der Waals surface area contributed by atoms with Crippen LogP contribution < -0.4 is 5.32 Å². The molecule has 114 valence electrons. The Bertz CT molecular complexity index is 536. The average molecular weight is 322 g/mol. The van der Waals surface area contributed by atoms with Crippen molar-refractivity contribution in [1.29, 1.82) is 0 Å². The number of fused-ring (bicyclic) bond motifs is 1. The highest BCUT2D eigenvalue weighted by Gasteiger charge is 2.17. The number of hydrogen-bond acceptors (Lipinski definition) is 2. The second-order valence-electron chi connectivity index (χ2n) is 5.61. The van der Waals surface area contributed by atoms with Crippen molar-refractivity contribution in [3.05, 3.63) is 47.1 Å². The summed E-state index contributed by atoms with van der Waals surface area (Å²) in [6.07, 6.45) is 6.16. The van der Waals surface area contributed by atoms with E-state index in [1.54, 1.807) is 0 Å². The molecular formula is C18H24ClNS. The van der Waals surface area contributed by atoms with Gasteiger partial charge in [-0.3, -0.25) is 0 Å². The Labute approximate surface area is 137 Å². The van der Waals surface area contributed by atoms with Crippen molar-refractivity contribution in [2.75, 3.05) is 16.8 Å². The van der Waals surface area contributed by atoms with E-state index < -0.39 is 0 Å². The normalized spacial score (nSPS) is 13.1.